The molecule has 2 N–H and O–H groups in total. The molecule has 1 amide bonds. The van der Waals surface area contributed by atoms with Crippen LogP contribution in [0, 0.1) is 5.41 Å². The Balaban J connectivity index is 2.07. The van der Waals surface area contributed by atoms with Gasteiger partial charge in [0.1, 0.15) is 5.01 Å². The summed E-state index contributed by atoms with van der Waals surface area (Å²) in [7, 11) is 0. The van der Waals surface area contributed by atoms with Gasteiger partial charge in [-0.2, -0.15) is 0 Å². The molecule has 2 unspecified atom stereocenters. The summed E-state index contributed by atoms with van der Waals surface area (Å²) in [5.41, 5.74) is 5.98. The number of likely N-dealkylation sites (tertiary alicyclic amines) is 1. The minimum absolute atomic E-state index is 0.210. The van der Waals surface area contributed by atoms with Crippen molar-refractivity contribution >= 4 is 28.8 Å². The number of carbonyl (C=O) groups excluding carboxylic acids is 1. The highest BCUT2D eigenvalue weighted by Crippen LogP contribution is 2.35. The summed E-state index contributed by atoms with van der Waals surface area (Å²) in [6.45, 7) is 5.65. The Kier molecular flexibility index (Phi) is 3.94. The molecule has 100 valence electrons. The van der Waals surface area contributed by atoms with Crippen molar-refractivity contribution in [3.05, 3.63) is 16.1 Å². The zero-order valence-electron chi connectivity index (χ0n) is 10.6. The molecule has 1 aliphatic heterocycles. The fraction of sp³-hybridized carbons (Fsp3) is 0.667. The maximum Gasteiger partial charge on any atom is 0.224 e. The molecular weight excluding hydrogens is 270 g/mol. The lowest BCUT2D eigenvalue weighted by Gasteiger charge is -2.25. The summed E-state index contributed by atoms with van der Waals surface area (Å²) >= 11 is 7.39. The summed E-state index contributed by atoms with van der Waals surface area (Å²) in [6.07, 6.45) is 0.820. The Morgan fingerprint density at radius 1 is 1.78 bits per heavy atom. The number of hydrogen-bond donors (Lipinski definition) is 1. The van der Waals surface area contributed by atoms with Crippen molar-refractivity contribution in [2.45, 2.75) is 32.2 Å². The van der Waals surface area contributed by atoms with Crippen LogP contribution in [0.5, 0.6) is 0 Å². The molecule has 0 aliphatic carbocycles. The maximum absolute atomic E-state index is 11.4. The Hall–Kier alpha value is -0.650. The lowest BCUT2D eigenvalue weighted by atomic mass is 9.89. The zero-order chi connectivity index (χ0) is 13.3. The second-order valence-electron chi connectivity index (χ2n) is 5.13. The van der Waals surface area contributed by atoms with Crippen LogP contribution in [-0.2, 0) is 10.7 Å². The van der Waals surface area contributed by atoms with Gasteiger partial charge in [-0.1, -0.05) is 0 Å². The highest BCUT2D eigenvalue weighted by molar-refractivity contribution is 7.09. The van der Waals surface area contributed by atoms with Gasteiger partial charge in [0.05, 0.1) is 23.0 Å². The van der Waals surface area contributed by atoms with Gasteiger partial charge in [0, 0.05) is 11.9 Å². The molecule has 0 bridgehead atoms. The molecule has 4 nitrogen and oxygen atoms in total. The van der Waals surface area contributed by atoms with Crippen molar-refractivity contribution in [3.8, 4) is 0 Å². The first-order valence-electron chi connectivity index (χ1n) is 6.00. The third kappa shape index (κ3) is 2.53. The molecule has 0 saturated carbocycles. The van der Waals surface area contributed by atoms with Gasteiger partial charge in [0.25, 0.3) is 0 Å². The topological polar surface area (TPSA) is 59.2 Å². The van der Waals surface area contributed by atoms with Gasteiger partial charge in [-0.05, 0) is 26.8 Å². The van der Waals surface area contributed by atoms with Crippen LogP contribution in [0.25, 0.3) is 0 Å². The van der Waals surface area contributed by atoms with E-state index < -0.39 is 5.41 Å². The van der Waals surface area contributed by atoms with E-state index in [-0.39, 0.29) is 11.9 Å². The highest BCUT2D eigenvalue weighted by Gasteiger charge is 2.40. The normalized spacial score (nSPS) is 26.4. The van der Waals surface area contributed by atoms with E-state index in [0.29, 0.717) is 12.4 Å². The second-order valence-corrected chi connectivity index (χ2v) is 6.29. The standard InChI is InChI=1S/C12H18ClN3OS/c1-8(10-15-9(5-13)6-18-10)16-4-3-12(2,7-16)11(14)17/h6,8H,3-5,7H2,1-2H3,(H2,14,17). The number of primary amides is 1. The van der Waals surface area contributed by atoms with Crippen molar-refractivity contribution in [1.29, 1.82) is 0 Å². The Morgan fingerprint density at radius 2 is 2.50 bits per heavy atom. The van der Waals surface area contributed by atoms with Crippen LogP contribution in [-0.4, -0.2) is 28.9 Å². The lowest BCUT2D eigenvalue weighted by Crippen LogP contribution is -2.37. The number of carbonyl (C=O) groups is 1. The van der Waals surface area contributed by atoms with Crippen molar-refractivity contribution < 1.29 is 4.79 Å². The molecule has 2 atom stereocenters. The van der Waals surface area contributed by atoms with E-state index in [4.69, 9.17) is 17.3 Å². The first kappa shape index (κ1) is 13.8. The zero-order valence-corrected chi connectivity index (χ0v) is 12.2. The fourth-order valence-electron chi connectivity index (χ4n) is 2.26. The number of amides is 1. The summed E-state index contributed by atoms with van der Waals surface area (Å²) in [5.74, 6) is 0.236. The summed E-state index contributed by atoms with van der Waals surface area (Å²) < 4.78 is 0. The van der Waals surface area contributed by atoms with E-state index >= 15 is 0 Å². The quantitative estimate of drug-likeness (QED) is 0.863. The van der Waals surface area contributed by atoms with Crippen LogP contribution in [0.2, 0.25) is 0 Å². The van der Waals surface area contributed by atoms with Crippen molar-refractivity contribution in [2.24, 2.45) is 11.1 Å². The van der Waals surface area contributed by atoms with Crippen LogP contribution in [0.4, 0.5) is 0 Å². The van der Waals surface area contributed by atoms with Gasteiger partial charge in [-0.25, -0.2) is 4.98 Å². The smallest absolute Gasteiger partial charge is 0.224 e. The Bertz CT molecular complexity index is 450. The van der Waals surface area contributed by atoms with Gasteiger partial charge < -0.3 is 5.73 Å². The predicted molar refractivity (Wildman–Crippen MR) is 73.6 cm³/mol. The van der Waals surface area contributed by atoms with Crippen LogP contribution < -0.4 is 5.73 Å². The number of nitrogens with zero attached hydrogens (tertiary/aromatic N) is 2. The molecule has 0 aromatic carbocycles. The van der Waals surface area contributed by atoms with E-state index in [9.17, 15) is 4.79 Å². The predicted octanol–water partition coefficient (Wildman–Crippen LogP) is 2.14. The first-order valence-corrected chi connectivity index (χ1v) is 7.42. The third-order valence-corrected chi connectivity index (χ3v) is 5.05. The van der Waals surface area contributed by atoms with Crippen LogP contribution in [0.15, 0.2) is 5.38 Å². The maximum atomic E-state index is 11.4. The molecule has 0 radical (unpaired) electrons. The van der Waals surface area contributed by atoms with E-state index in [2.05, 4.69) is 16.8 Å². The third-order valence-electron chi connectivity index (χ3n) is 3.71. The number of halogens is 1. The molecule has 0 spiro atoms. The monoisotopic (exact) mass is 287 g/mol. The van der Waals surface area contributed by atoms with Gasteiger partial charge >= 0.3 is 0 Å². The lowest BCUT2D eigenvalue weighted by molar-refractivity contribution is -0.126. The fourth-order valence-corrected chi connectivity index (χ4v) is 3.40. The van der Waals surface area contributed by atoms with Crippen molar-refractivity contribution in [3.63, 3.8) is 0 Å². The van der Waals surface area contributed by atoms with Gasteiger partial charge in [0.15, 0.2) is 0 Å². The molecule has 1 aliphatic rings. The number of aromatic nitrogens is 1. The molecule has 2 rings (SSSR count). The number of hydrogen-bond acceptors (Lipinski definition) is 4. The van der Waals surface area contributed by atoms with Crippen LogP contribution in [0.1, 0.15) is 37.0 Å². The minimum atomic E-state index is -0.402. The SMILES string of the molecule is CC(c1nc(CCl)cs1)N1CCC(C)(C(N)=O)C1. The highest BCUT2D eigenvalue weighted by atomic mass is 35.5. The van der Waals surface area contributed by atoms with E-state index in [1.54, 1.807) is 11.3 Å². The molecule has 1 saturated heterocycles. The molecule has 6 heteroatoms. The molecular formula is C12H18ClN3OS. The molecule has 1 aromatic rings. The summed E-state index contributed by atoms with van der Waals surface area (Å²) in [5, 5.41) is 3.04. The number of nitrogens with two attached hydrogens (primary N) is 1. The number of rotatable bonds is 4. The minimum Gasteiger partial charge on any atom is -0.369 e. The molecule has 2 heterocycles. The van der Waals surface area contributed by atoms with Crippen LogP contribution >= 0.6 is 22.9 Å². The van der Waals surface area contributed by atoms with E-state index in [1.807, 2.05) is 12.3 Å². The van der Waals surface area contributed by atoms with Gasteiger partial charge in [0.2, 0.25) is 5.91 Å². The average molecular weight is 288 g/mol. The van der Waals surface area contributed by atoms with E-state index in [0.717, 1.165) is 23.7 Å². The van der Waals surface area contributed by atoms with Crippen LogP contribution in [0.3, 0.4) is 0 Å². The van der Waals surface area contributed by atoms with Crippen molar-refractivity contribution in [1.82, 2.24) is 9.88 Å². The second kappa shape index (κ2) is 5.15. The largest absolute Gasteiger partial charge is 0.369 e. The van der Waals surface area contributed by atoms with Gasteiger partial charge in [-0.15, -0.1) is 22.9 Å². The Morgan fingerprint density at radius 3 is 3.00 bits per heavy atom. The first-order chi connectivity index (χ1) is 8.46. The van der Waals surface area contributed by atoms with Crippen molar-refractivity contribution in [2.75, 3.05) is 13.1 Å². The molecule has 18 heavy (non-hydrogen) atoms. The molecule has 1 aromatic heterocycles. The number of thiazole rings is 1. The van der Waals surface area contributed by atoms with Gasteiger partial charge in [-0.3, -0.25) is 9.69 Å². The van der Waals surface area contributed by atoms with E-state index in [1.165, 1.54) is 0 Å². The number of alkyl halides is 1. The summed E-state index contributed by atoms with van der Waals surface area (Å²) in [4.78, 5) is 18.2. The average Bonchev–Trinajstić information content (AvgIpc) is 2.95. The molecule has 1 fully saturated rings. The Labute approximate surface area is 116 Å². The summed E-state index contributed by atoms with van der Waals surface area (Å²) in [6, 6.07) is 0.216.